The molecule has 0 spiro atoms. The van der Waals surface area contributed by atoms with Crippen LogP contribution < -0.4 is 0 Å². The Morgan fingerprint density at radius 2 is 1.75 bits per heavy atom. The second-order valence-corrected chi connectivity index (χ2v) is 5.48. The van der Waals surface area contributed by atoms with Crippen molar-refractivity contribution in [3.05, 3.63) is 35.4 Å². The van der Waals surface area contributed by atoms with E-state index in [1.54, 1.807) is 6.92 Å². The first kappa shape index (κ1) is 16.4. The third-order valence-corrected chi connectivity index (χ3v) is 3.40. The molecule has 110 valence electrons. The van der Waals surface area contributed by atoms with Gasteiger partial charge >= 0.3 is 5.97 Å². The summed E-state index contributed by atoms with van der Waals surface area (Å²) in [6.07, 6.45) is 5.00. The summed E-state index contributed by atoms with van der Waals surface area (Å²) >= 11 is 0. The minimum atomic E-state index is -0.850. The second-order valence-electron chi connectivity index (χ2n) is 5.48. The van der Waals surface area contributed by atoms with E-state index in [0.29, 0.717) is 12.0 Å². The lowest BCUT2D eigenvalue weighted by molar-refractivity contribution is -0.137. The molecule has 1 aromatic carbocycles. The fourth-order valence-corrected chi connectivity index (χ4v) is 2.24. The number of carboxylic acid groups (broad SMARTS) is 1. The van der Waals surface area contributed by atoms with Gasteiger partial charge in [-0.25, -0.2) is 0 Å². The van der Waals surface area contributed by atoms with Crippen LogP contribution in [0.25, 0.3) is 0 Å². The molecule has 0 unspecified atom stereocenters. The number of aliphatic carboxylic acids is 1. The van der Waals surface area contributed by atoms with E-state index in [4.69, 9.17) is 5.11 Å². The van der Waals surface area contributed by atoms with Gasteiger partial charge in [-0.3, -0.25) is 9.59 Å². The Bertz CT molecular complexity index is 434. The lowest BCUT2D eigenvalue weighted by atomic mass is 9.96. The molecule has 0 heterocycles. The normalized spacial score (nSPS) is 12.1. The fourth-order valence-electron chi connectivity index (χ4n) is 2.24. The number of carbonyl (C=O) groups excluding carboxylic acids is 1. The van der Waals surface area contributed by atoms with Crippen LogP contribution in [0, 0.1) is 5.92 Å². The van der Waals surface area contributed by atoms with Gasteiger partial charge in [0.1, 0.15) is 0 Å². The number of unbranched alkanes of at least 4 members (excludes halogenated alkanes) is 2. The number of hydrogen-bond acceptors (Lipinski definition) is 2. The zero-order chi connectivity index (χ0) is 15.0. The van der Waals surface area contributed by atoms with E-state index >= 15 is 0 Å². The first-order valence-electron chi connectivity index (χ1n) is 7.36. The number of carboxylic acids is 1. The van der Waals surface area contributed by atoms with E-state index in [9.17, 15) is 9.59 Å². The third-order valence-electron chi connectivity index (χ3n) is 3.40. The Balaban J connectivity index is 2.50. The molecule has 1 atom stereocenters. The molecule has 0 aromatic heterocycles. The number of hydrogen-bond donors (Lipinski definition) is 1. The van der Waals surface area contributed by atoms with Crippen LogP contribution in [-0.4, -0.2) is 16.9 Å². The molecule has 20 heavy (non-hydrogen) atoms. The van der Waals surface area contributed by atoms with E-state index in [2.05, 4.69) is 6.92 Å². The summed E-state index contributed by atoms with van der Waals surface area (Å²) < 4.78 is 0. The topological polar surface area (TPSA) is 54.4 Å². The summed E-state index contributed by atoms with van der Waals surface area (Å²) in [5, 5.41) is 8.70. The van der Waals surface area contributed by atoms with Crippen LogP contribution >= 0.6 is 0 Å². The largest absolute Gasteiger partial charge is 0.481 e. The van der Waals surface area contributed by atoms with Crippen molar-refractivity contribution in [2.45, 2.75) is 52.4 Å². The second kappa shape index (κ2) is 8.51. The van der Waals surface area contributed by atoms with Gasteiger partial charge in [-0.15, -0.1) is 0 Å². The standard InChI is InChI=1S/C17H24O3/c1-3-4-5-6-14-7-9-15(10-8-14)16(18)11-13(2)12-17(19)20/h7-10,13H,3-6,11-12H2,1-2H3,(H,19,20)/t13-/m0/s1. The van der Waals surface area contributed by atoms with E-state index in [-0.39, 0.29) is 18.1 Å². The highest BCUT2D eigenvalue weighted by molar-refractivity contribution is 5.96. The number of rotatable bonds is 9. The number of carbonyl (C=O) groups is 2. The maximum absolute atomic E-state index is 12.0. The van der Waals surface area contributed by atoms with Crippen molar-refractivity contribution in [1.82, 2.24) is 0 Å². The predicted molar refractivity (Wildman–Crippen MR) is 80.0 cm³/mol. The molecule has 1 rings (SSSR count). The highest BCUT2D eigenvalue weighted by atomic mass is 16.4. The number of Topliss-reactive ketones (excluding diaryl/α,β-unsaturated/α-hetero) is 1. The van der Waals surface area contributed by atoms with Crippen molar-refractivity contribution >= 4 is 11.8 Å². The van der Waals surface area contributed by atoms with Gasteiger partial charge < -0.3 is 5.11 Å². The Hall–Kier alpha value is -1.64. The van der Waals surface area contributed by atoms with Gasteiger partial charge in [-0.05, 0) is 24.3 Å². The average Bonchev–Trinajstić information content (AvgIpc) is 2.38. The van der Waals surface area contributed by atoms with Crippen molar-refractivity contribution in [3.8, 4) is 0 Å². The molecule has 1 aromatic rings. The molecule has 0 saturated carbocycles. The molecule has 1 N–H and O–H groups in total. The van der Waals surface area contributed by atoms with Crippen molar-refractivity contribution in [1.29, 1.82) is 0 Å². The highest BCUT2D eigenvalue weighted by Gasteiger charge is 2.14. The maximum atomic E-state index is 12.0. The maximum Gasteiger partial charge on any atom is 0.303 e. The lowest BCUT2D eigenvalue weighted by Gasteiger charge is -2.08. The molecular formula is C17H24O3. The van der Waals surface area contributed by atoms with Gasteiger partial charge in [0, 0.05) is 18.4 Å². The number of aryl methyl sites for hydroxylation is 1. The molecule has 0 saturated heterocycles. The first-order valence-corrected chi connectivity index (χ1v) is 7.36. The van der Waals surface area contributed by atoms with Crippen LogP contribution in [0.5, 0.6) is 0 Å². The molecule has 0 aliphatic rings. The Labute approximate surface area is 121 Å². The van der Waals surface area contributed by atoms with Gasteiger partial charge in [0.05, 0.1) is 0 Å². The highest BCUT2D eigenvalue weighted by Crippen LogP contribution is 2.15. The molecule has 3 nitrogen and oxygen atoms in total. The first-order chi connectivity index (χ1) is 9.52. The SMILES string of the molecule is CCCCCc1ccc(C(=O)C[C@H](C)CC(=O)O)cc1. The summed E-state index contributed by atoms with van der Waals surface area (Å²) in [5.74, 6) is -0.945. The Morgan fingerprint density at radius 3 is 2.30 bits per heavy atom. The minimum absolute atomic E-state index is 0.0267. The lowest BCUT2D eigenvalue weighted by Crippen LogP contribution is -2.10. The van der Waals surface area contributed by atoms with Crippen LogP contribution in [0.2, 0.25) is 0 Å². The van der Waals surface area contributed by atoms with Crippen LogP contribution in [0.1, 0.15) is 61.9 Å². The minimum Gasteiger partial charge on any atom is -0.481 e. The van der Waals surface area contributed by atoms with E-state index in [1.165, 1.54) is 24.8 Å². The van der Waals surface area contributed by atoms with Gasteiger partial charge in [0.25, 0.3) is 0 Å². The smallest absolute Gasteiger partial charge is 0.303 e. The van der Waals surface area contributed by atoms with Gasteiger partial charge in [-0.2, -0.15) is 0 Å². The third kappa shape index (κ3) is 6.00. The molecule has 0 fully saturated rings. The fraction of sp³-hybridized carbons (Fsp3) is 0.529. The Kier molecular flexibility index (Phi) is 6.99. The number of ketones is 1. The van der Waals surface area contributed by atoms with Crippen molar-refractivity contribution in [2.24, 2.45) is 5.92 Å². The van der Waals surface area contributed by atoms with Gasteiger partial charge in [0.15, 0.2) is 5.78 Å². The summed E-state index contributed by atoms with van der Waals surface area (Å²) in [4.78, 5) is 22.6. The molecule has 0 amide bonds. The van der Waals surface area contributed by atoms with Gasteiger partial charge in [0.2, 0.25) is 0 Å². The average molecular weight is 276 g/mol. The molecule has 3 heteroatoms. The summed E-state index contributed by atoms with van der Waals surface area (Å²) in [6, 6.07) is 7.73. The molecule has 0 radical (unpaired) electrons. The zero-order valence-corrected chi connectivity index (χ0v) is 12.4. The van der Waals surface area contributed by atoms with Crippen molar-refractivity contribution in [2.75, 3.05) is 0 Å². The quantitative estimate of drug-likeness (QED) is 0.545. The molecular weight excluding hydrogens is 252 g/mol. The van der Waals surface area contributed by atoms with Crippen LogP contribution in [0.4, 0.5) is 0 Å². The summed E-state index contributed by atoms with van der Waals surface area (Å²) in [6.45, 7) is 3.98. The van der Waals surface area contributed by atoms with Crippen molar-refractivity contribution in [3.63, 3.8) is 0 Å². The van der Waals surface area contributed by atoms with E-state index in [0.717, 1.165) is 6.42 Å². The van der Waals surface area contributed by atoms with E-state index < -0.39 is 5.97 Å². The van der Waals surface area contributed by atoms with Crippen LogP contribution in [-0.2, 0) is 11.2 Å². The number of benzene rings is 1. The van der Waals surface area contributed by atoms with E-state index in [1.807, 2.05) is 24.3 Å². The Morgan fingerprint density at radius 1 is 1.10 bits per heavy atom. The predicted octanol–water partition coefficient (Wildman–Crippen LogP) is 4.10. The summed E-state index contributed by atoms with van der Waals surface area (Å²) in [7, 11) is 0. The van der Waals surface area contributed by atoms with Crippen LogP contribution in [0.15, 0.2) is 24.3 Å². The zero-order valence-electron chi connectivity index (χ0n) is 12.4. The van der Waals surface area contributed by atoms with Gasteiger partial charge in [-0.1, -0.05) is 51.0 Å². The molecule has 0 aliphatic carbocycles. The molecule has 0 aliphatic heterocycles. The van der Waals surface area contributed by atoms with Crippen molar-refractivity contribution < 1.29 is 14.7 Å². The van der Waals surface area contributed by atoms with Crippen LogP contribution in [0.3, 0.4) is 0 Å². The summed E-state index contributed by atoms with van der Waals surface area (Å²) in [5.41, 5.74) is 1.94. The molecule has 0 bridgehead atoms. The monoisotopic (exact) mass is 276 g/mol.